The summed E-state index contributed by atoms with van der Waals surface area (Å²) in [7, 11) is 0. The van der Waals surface area contributed by atoms with Crippen LogP contribution in [-0.2, 0) is 0 Å². The van der Waals surface area contributed by atoms with Crippen LogP contribution in [0.2, 0.25) is 0 Å². The first-order valence-electron chi connectivity index (χ1n) is 6.86. The van der Waals surface area contributed by atoms with Crippen molar-refractivity contribution in [3.8, 4) is 0 Å². The second kappa shape index (κ2) is 5.13. The Bertz CT molecular complexity index is 637. The van der Waals surface area contributed by atoms with E-state index in [4.69, 9.17) is 5.73 Å². The number of piperidine rings is 1. The number of aromatic amines is 1. The molecule has 1 aliphatic rings. The predicted octanol–water partition coefficient (Wildman–Crippen LogP) is 1.13. The molecule has 3 rings (SSSR count). The van der Waals surface area contributed by atoms with Gasteiger partial charge in [-0.2, -0.15) is 5.10 Å². The van der Waals surface area contributed by atoms with E-state index >= 15 is 0 Å². The van der Waals surface area contributed by atoms with E-state index in [0.29, 0.717) is 17.9 Å². The fourth-order valence-electron chi connectivity index (χ4n) is 2.79. The van der Waals surface area contributed by atoms with Crippen molar-refractivity contribution in [2.75, 3.05) is 18.9 Å². The van der Waals surface area contributed by atoms with E-state index in [1.807, 2.05) is 6.07 Å². The molecule has 6 nitrogen and oxygen atoms in total. The van der Waals surface area contributed by atoms with Gasteiger partial charge in [0.1, 0.15) is 0 Å². The summed E-state index contributed by atoms with van der Waals surface area (Å²) in [6.45, 7) is 0.664. The molecule has 1 aliphatic heterocycles. The van der Waals surface area contributed by atoms with Gasteiger partial charge in [0.05, 0.1) is 18.2 Å². The minimum Gasteiger partial charge on any atom is -0.399 e. The summed E-state index contributed by atoms with van der Waals surface area (Å²) in [6, 6.07) is 5.23. The van der Waals surface area contributed by atoms with Gasteiger partial charge in [-0.15, -0.1) is 0 Å². The van der Waals surface area contributed by atoms with Gasteiger partial charge in [-0.05, 0) is 37.5 Å². The number of hydrogen-bond donors (Lipinski definition) is 3. The third kappa shape index (κ3) is 2.12. The number of nitrogens with two attached hydrogens (primary N) is 1. The van der Waals surface area contributed by atoms with E-state index in [2.05, 4.69) is 10.2 Å². The molecule has 106 valence electrons. The SMILES string of the molecule is Nc1ccc2[nH]nc(C(=O)N3CCCCC3CO)c2c1. The van der Waals surface area contributed by atoms with Gasteiger partial charge in [-0.25, -0.2) is 0 Å². The molecule has 0 saturated carbocycles. The average Bonchev–Trinajstić information content (AvgIpc) is 2.89. The molecule has 1 saturated heterocycles. The van der Waals surface area contributed by atoms with E-state index in [9.17, 15) is 9.90 Å². The topological polar surface area (TPSA) is 95.2 Å². The molecule has 1 fully saturated rings. The van der Waals surface area contributed by atoms with Crippen molar-refractivity contribution >= 4 is 22.5 Å². The maximum atomic E-state index is 12.6. The lowest BCUT2D eigenvalue weighted by molar-refractivity contribution is 0.0499. The summed E-state index contributed by atoms with van der Waals surface area (Å²) in [6.07, 6.45) is 2.85. The van der Waals surface area contributed by atoms with Gasteiger partial charge in [0.2, 0.25) is 0 Å². The predicted molar refractivity (Wildman–Crippen MR) is 76.3 cm³/mol. The van der Waals surface area contributed by atoms with E-state index < -0.39 is 0 Å². The Balaban J connectivity index is 1.97. The van der Waals surface area contributed by atoms with Crippen molar-refractivity contribution in [2.24, 2.45) is 0 Å². The van der Waals surface area contributed by atoms with Crippen LogP contribution in [0.15, 0.2) is 18.2 Å². The number of aromatic nitrogens is 2. The molecule has 1 aromatic carbocycles. The number of amides is 1. The van der Waals surface area contributed by atoms with Crippen LogP contribution in [0.5, 0.6) is 0 Å². The fraction of sp³-hybridized carbons (Fsp3) is 0.429. The number of nitrogens with one attached hydrogen (secondary N) is 1. The van der Waals surface area contributed by atoms with Crippen LogP contribution in [0.3, 0.4) is 0 Å². The molecule has 1 unspecified atom stereocenters. The van der Waals surface area contributed by atoms with Gasteiger partial charge >= 0.3 is 0 Å². The molecule has 1 atom stereocenters. The number of likely N-dealkylation sites (tertiary alicyclic amines) is 1. The molecule has 6 heteroatoms. The van der Waals surface area contributed by atoms with Crippen LogP contribution in [0.4, 0.5) is 5.69 Å². The zero-order valence-corrected chi connectivity index (χ0v) is 11.2. The van der Waals surface area contributed by atoms with Gasteiger partial charge in [0.25, 0.3) is 5.91 Å². The summed E-state index contributed by atoms with van der Waals surface area (Å²) in [4.78, 5) is 14.4. The first-order valence-corrected chi connectivity index (χ1v) is 6.86. The number of aliphatic hydroxyl groups is 1. The summed E-state index contributed by atoms with van der Waals surface area (Å²) in [5, 5.41) is 17.1. The lowest BCUT2D eigenvalue weighted by Crippen LogP contribution is -2.45. The van der Waals surface area contributed by atoms with E-state index in [1.54, 1.807) is 17.0 Å². The standard InChI is InChI=1S/C14H18N4O2/c15-9-4-5-12-11(7-9)13(17-16-12)14(20)18-6-2-1-3-10(18)8-19/h4-5,7,10,19H,1-3,6,8,15H2,(H,16,17). The Kier molecular flexibility index (Phi) is 3.31. The van der Waals surface area contributed by atoms with Crippen molar-refractivity contribution in [1.82, 2.24) is 15.1 Å². The lowest BCUT2D eigenvalue weighted by atomic mass is 10.0. The second-order valence-corrected chi connectivity index (χ2v) is 5.21. The number of H-pyrrole nitrogens is 1. The highest BCUT2D eigenvalue weighted by Gasteiger charge is 2.29. The molecule has 4 N–H and O–H groups in total. The molecule has 2 heterocycles. The van der Waals surface area contributed by atoms with E-state index in [-0.39, 0.29) is 18.6 Å². The summed E-state index contributed by atoms with van der Waals surface area (Å²) in [5.74, 6) is -0.138. The molecule has 1 amide bonds. The zero-order chi connectivity index (χ0) is 14.1. The second-order valence-electron chi connectivity index (χ2n) is 5.21. The summed E-state index contributed by atoms with van der Waals surface area (Å²) >= 11 is 0. The molecular weight excluding hydrogens is 256 g/mol. The van der Waals surface area contributed by atoms with Crippen molar-refractivity contribution in [3.63, 3.8) is 0 Å². The number of rotatable bonds is 2. The summed E-state index contributed by atoms with van der Waals surface area (Å²) < 4.78 is 0. The monoisotopic (exact) mass is 274 g/mol. The number of aliphatic hydroxyl groups excluding tert-OH is 1. The number of hydrogen-bond acceptors (Lipinski definition) is 4. The van der Waals surface area contributed by atoms with E-state index in [0.717, 1.165) is 30.2 Å². The van der Waals surface area contributed by atoms with Gasteiger partial charge < -0.3 is 15.7 Å². The van der Waals surface area contributed by atoms with Crippen molar-refractivity contribution in [2.45, 2.75) is 25.3 Å². The van der Waals surface area contributed by atoms with Gasteiger partial charge in [-0.1, -0.05) is 0 Å². The van der Waals surface area contributed by atoms with Gasteiger partial charge in [0.15, 0.2) is 5.69 Å². The molecule has 0 bridgehead atoms. The number of nitrogens with zero attached hydrogens (tertiary/aromatic N) is 2. The average molecular weight is 274 g/mol. The van der Waals surface area contributed by atoms with Crippen molar-refractivity contribution < 1.29 is 9.90 Å². The van der Waals surface area contributed by atoms with Gasteiger partial charge in [-0.3, -0.25) is 9.89 Å². The van der Waals surface area contributed by atoms with Crippen LogP contribution in [0, 0.1) is 0 Å². The fourth-order valence-corrected chi connectivity index (χ4v) is 2.79. The molecular formula is C14H18N4O2. The number of anilines is 1. The van der Waals surface area contributed by atoms with Crippen LogP contribution < -0.4 is 5.73 Å². The lowest BCUT2D eigenvalue weighted by Gasteiger charge is -2.34. The van der Waals surface area contributed by atoms with Crippen LogP contribution >= 0.6 is 0 Å². The first kappa shape index (κ1) is 12.9. The maximum Gasteiger partial charge on any atom is 0.275 e. The quantitative estimate of drug-likeness (QED) is 0.715. The normalized spacial score (nSPS) is 19.4. The molecule has 1 aromatic heterocycles. The molecule has 0 radical (unpaired) electrons. The van der Waals surface area contributed by atoms with Crippen LogP contribution in [-0.4, -0.2) is 45.3 Å². The molecule has 20 heavy (non-hydrogen) atoms. The minimum absolute atomic E-state index is 0.00374. The van der Waals surface area contributed by atoms with Crippen molar-refractivity contribution in [1.29, 1.82) is 0 Å². The molecule has 0 aliphatic carbocycles. The number of benzene rings is 1. The molecule has 2 aromatic rings. The largest absolute Gasteiger partial charge is 0.399 e. The third-order valence-electron chi connectivity index (χ3n) is 3.89. The van der Waals surface area contributed by atoms with Crippen LogP contribution in [0.25, 0.3) is 10.9 Å². The van der Waals surface area contributed by atoms with Gasteiger partial charge in [0, 0.05) is 17.6 Å². The highest BCUT2D eigenvalue weighted by atomic mass is 16.3. The first-order chi connectivity index (χ1) is 9.70. The number of nitrogen functional groups attached to an aromatic ring is 1. The minimum atomic E-state index is -0.138. The highest BCUT2D eigenvalue weighted by Crippen LogP contribution is 2.24. The number of carbonyl (C=O) groups excluding carboxylic acids is 1. The Labute approximate surface area is 116 Å². The maximum absolute atomic E-state index is 12.6. The van der Waals surface area contributed by atoms with Crippen molar-refractivity contribution in [3.05, 3.63) is 23.9 Å². The Morgan fingerprint density at radius 2 is 2.35 bits per heavy atom. The van der Waals surface area contributed by atoms with Crippen LogP contribution in [0.1, 0.15) is 29.8 Å². The smallest absolute Gasteiger partial charge is 0.275 e. The number of carbonyl (C=O) groups is 1. The Morgan fingerprint density at radius 3 is 3.15 bits per heavy atom. The Hall–Kier alpha value is -2.08. The van der Waals surface area contributed by atoms with E-state index in [1.165, 1.54) is 0 Å². The molecule has 0 spiro atoms. The zero-order valence-electron chi connectivity index (χ0n) is 11.2. The third-order valence-corrected chi connectivity index (χ3v) is 3.89. The Morgan fingerprint density at radius 1 is 1.50 bits per heavy atom. The summed E-state index contributed by atoms with van der Waals surface area (Å²) in [5.41, 5.74) is 7.55. The highest BCUT2D eigenvalue weighted by molar-refractivity contribution is 6.05. The number of fused-ring (bicyclic) bond motifs is 1.